The van der Waals surface area contributed by atoms with E-state index in [1.165, 1.54) is 0 Å². The van der Waals surface area contributed by atoms with E-state index in [4.69, 9.17) is 9.15 Å². The van der Waals surface area contributed by atoms with Crippen LogP contribution in [-0.2, 0) is 16.1 Å². The molecule has 21 heavy (non-hydrogen) atoms. The molecule has 8 heteroatoms. The molecule has 8 nitrogen and oxygen atoms in total. The molecule has 0 radical (unpaired) electrons. The summed E-state index contributed by atoms with van der Waals surface area (Å²) in [5.74, 6) is 0.428. The van der Waals surface area contributed by atoms with Crippen LogP contribution in [0.3, 0.4) is 0 Å². The first-order chi connectivity index (χ1) is 10.1. The Morgan fingerprint density at radius 1 is 1.48 bits per heavy atom. The van der Waals surface area contributed by atoms with E-state index in [0.29, 0.717) is 50.8 Å². The molecule has 1 unspecified atom stereocenters. The first-order valence-corrected chi connectivity index (χ1v) is 7.29. The van der Waals surface area contributed by atoms with Gasteiger partial charge in [0.25, 0.3) is 0 Å². The molecule has 1 atom stereocenters. The first-order valence-electron chi connectivity index (χ1n) is 7.29. The molecule has 0 bridgehead atoms. The number of aromatic nitrogens is 2. The number of rotatable bonds is 6. The van der Waals surface area contributed by atoms with E-state index in [9.17, 15) is 4.79 Å². The summed E-state index contributed by atoms with van der Waals surface area (Å²) in [6.07, 6.45) is 0. The monoisotopic (exact) mass is 297 g/mol. The summed E-state index contributed by atoms with van der Waals surface area (Å²) in [7, 11) is 0. The molecule has 0 spiro atoms. The molecule has 2 rings (SSSR count). The molecule has 1 aromatic heterocycles. The normalized spacial score (nSPS) is 19.0. The number of amides is 1. The summed E-state index contributed by atoms with van der Waals surface area (Å²) in [5, 5.41) is 14.1. The summed E-state index contributed by atoms with van der Waals surface area (Å²) in [6, 6.07) is 0.284. The first kappa shape index (κ1) is 15.7. The van der Waals surface area contributed by atoms with Crippen LogP contribution in [0.2, 0.25) is 0 Å². The van der Waals surface area contributed by atoms with Gasteiger partial charge in [-0.1, -0.05) is 18.9 Å². The van der Waals surface area contributed by atoms with E-state index in [1.54, 1.807) is 4.90 Å². The Morgan fingerprint density at radius 3 is 3.00 bits per heavy atom. The molecular formula is C13H23N5O3. The number of hydrogen-bond acceptors (Lipinski definition) is 7. The Bertz CT molecular complexity index is 462. The van der Waals surface area contributed by atoms with E-state index in [0.717, 1.165) is 0 Å². The molecule has 1 amide bonds. The highest BCUT2D eigenvalue weighted by Gasteiger charge is 2.32. The van der Waals surface area contributed by atoms with E-state index >= 15 is 0 Å². The average molecular weight is 297 g/mol. The second-order valence-corrected chi connectivity index (χ2v) is 5.19. The van der Waals surface area contributed by atoms with Gasteiger partial charge in [0, 0.05) is 19.1 Å². The lowest BCUT2D eigenvalue weighted by molar-refractivity contribution is -0.124. The number of morpholine rings is 1. The SMILES string of the molecule is CCNC(=O)C1COCCN1c1nnc(CNC(C)C)o1. The van der Waals surface area contributed by atoms with Gasteiger partial charge in [-0.15, -0.1) is 5.10 Å². The molecule has 1 aromatic rings. The lowest BCUT2D eigenvalue weighted by atomic mass is 10.2. The largest absolute Gasteiger partial charge is 0.407 e. The fourth-order valence-electron chi connectivity index (χ4n) is 2.07. The minimum atomic E-state index is -0.426. The lowest BCUT2D eigenvalue weighted by Gasteiger charge is -2.32. The highest BCUT2D eigenvalue weighted by molar-refractivity contribution is 5.84. The van der Waals surface area contributed by atoms with Crippen LogP contribution in [0, 0.1) is 0 Å². The summed E-state index contributed by atoms with van der Waals surface area (Å²) in [5.41, 5.74) is 0. The molecular weight excluding hydrogens is 274 g/mol. The van der Waals surface area contributed by atoms with E-state index in [-0.39, 0.29) is 5.91 Å². The minimum Gasteiger partial charge on any atom is -0.407 e. The van der Waals surface area contributed by atoms with Crippen molar-refractivity contribution in [2.24, 2.45) is 0 Å². The molecule has 2 heterocycles. The summed E-state index contributed by atoms with van der Waals surface area (Å²) in [6.45, 7) is 8.49. The van der Waals surface area contributed by atoms with Crippen molar-refractivity contribution in [3.8, 4) is 0 Å². The second-order valence-electron chi connectivity index (χ2n) is 5.19. The Hall–Kier alpha value is -1.67. The van der Waals surface area contributed by atoms with Crippen LogP contribution in [0.4, 0.5) is 6.01 Å². The molecule has 118 valence electrons. The number of hydrogen-bond donors (Lipinski definition) is 2. The third kappa shape index (κ3) is 4.15. The van der Waals surface area contributed by atoms with Crippen molar-refractivity contribution in [3.05, 3.63) is 5.89 Å². The number of ether oxygens (including phenoxy) is 1. The Balaban J connectivity index is 2.05. The van der Waals surface area contributed by atoms with Crippen LogP contribution in [0.15, 0.2) is 4.42 Å². The maximum Gasteiger partial charge on any atom is 0.319 e. The van der Waals surface area contributed by atoms with E-state index < -0.39 is 6.04 Å². The summed E-state index contributed by atoms with van der Waals surface area (Å²) < 4.78 is 11.0. The van der Waals surface area contributed by atoms with Gasteiger partial charge < -0.3 is 24.7 Å². The van der Waals surface area contributed by atoms with Crippen LogP contribution in [0.25, 0.3) is 0 Å². The minimum absolute atomic E-state index is 0.0859. The molecule has 1 aliphatic rings. The van der Waals surface area contributed by atoms with Crippen LogP contribution >= 0.6 is 0 Å². The predicted molar refractivity (Wildman–Crippen MR) is 76.9 cm³/mol. The van der Waals surface area contributed by atoms with Crippen LogP contribution in [-0.4, -0.2) is 54.5 Å². The molecule has 0 aliphatic carbocycles. The molecule has 2 N–H and O–H groups in total. The van der Waals surface area contributed by atoms with Crippen molar-refractivity contribution in [1.29, 1.82) is 0 Å². The Kier molecular flexibility index (Phi) is 5.51. The van der Waals surface area contributed by atoms with Gasteiger partial charge in [-0.2, -0.15) is 0 Å². The zero-order valence-corrected chi connectivity index (χ0v) is 12.8. The van der Waals surface area contributed by atoms with Gasteiger partial charge in [0.2, 0.25) is 11.8 Å². The lowest BCUT2D eigenvalue weighted by Crippen LogP contribution is -2.54. The van der Waals surface area contributed by atoms with E-state index in [1.807, 2.05) is 20.8 Å². The van der Waals surface area contributed by atoms with E-state index in [2.05, 4.69) is 20.8 Å². The van der Waals surface area contributed by atoms with Crippen molar-refractivity contribution < 1.29 is 13.9 Å². The number of nitrogens with zero attached hydrogens (tertiary/aromatic N) is 3. The van der Waals surface area contributed by atoms with Gasteiger partial charge in [0.1, 0.15) is 6.04 Å². The summed E-state index contributed by atoms with van der Waals surface area (Å²) >= 11 is 0. The van der Waals surface area contributed by atoms with Gasteiger partial charge in [-0.3, -0.25) is 4.79 Å². The van der Waals surface area contributed by atoms with Crippen molar-refractivity contribution >= 4 is 11.9 Å². The average Bonchev–Trinajstić information content (AvgIpc) is 2.94. The van der Waals surface area contributed by atoms with Gasteiger partial charge >= 0.3 is 6.01 Å². The number of carbonyl (C=O) groups excluding carboxylic acids is 1. The molecule has 1 aliphatic heterocycles. The number of carbonyl (C=O) groups is 1. The highest BCUT2D eigenvalue weighted by atomic mass is 16.5. The smallest absolute Gasteiger partial charge is 0.319 e. The predicted octanol–water partition coefficient (Wildman–Crippen LogP) is -0.0911. The molecule has 0 aromatic carbocycles. The Morgan fingerprint density at radius 2 is 2.29 bits per heavy atom. The van der Waals surface area contributed by atoms with Crippen LogP contribution in [0.1, 0.15) is 26.7 Å². The highest BCUT2D eigenvalue weighted by Crippen LogP contribution is 2.18. The molecule has 1 fully saturated rings. The van der Waals surface area contributed by atoms with Gasteiger partial charge in [-0.25, -0.2) is 0 Å². The van der Waals surface area contributed by atoms with Crippen molar-refractivity contribution in [3.63, 3.8) is 0 Å². The van der Waals surface area contributed by atoms with Crippen molar-refractivity contribution in [1.82, 2.24) is 20.8 Å². The third-order valence-electron chi connectivity index (χ3n) is 3.15. The maximum atomic E-state index is 12.1. The number of anilines is 1. The topological polar surface area (TPSA) is 92.5 Å². The second kappa shape index (κ2) is 7.37. The van der Waals surface area contributed by atoms with Gasteiger partial charge in [0.05, 0.1) is 19.8 Å². The van der Waals surface area contributed by atoms with Gasteiger partial charge in [-0.05, 0) is 6.92 Å². The standard InChI is InChI=1S/C13H23N5O3/c1-4-14-12(19)10-8-20-6-5-18(10)13-17-16-11(21-13)7-15-9(2)3/h9-10,15H,4-8H2,1-3H3,(H,14,19). The van der Waals surface area contributed by atoms with Crippen molar-refractivity contribution in [2.75, 3.05) is 31.2 Å². The zero-order chi connectivity index (χ0) is 15.2. The Labute approximate surface area is 124 Å². The zero-order valence-electron chi connectivity index (χ0n) is 12.8. The molecule has 1 saturated heterocycles. The number of likely N-dealkylation sites (N-methyl/N-ethyl adjacent to an activating group) is 1. The summed E-state index contributed by atoms with van der Waals surface area (Å²) in [4.78, 5) is 13.9. The maximum absolute atomic E-state index is 12.1. The fourth-order valence-corrected chi connectivity index (χ4v) is 2.07. The van der Waals surface area contributed by atoms with Gasteiger partial charge in [0.15, 0.2) is 0 Å². The fraction of sp³-hybridized carbons (Fsp3) is 0.769. The molecule has 0 saturated carbocycles. The third-order valence-corrected chi connectivity index (χ3v) is 3.15. The van der Waals surface area contributed by atoms with Crippen LogP contribution in [0.5, 0.6) is 0 Å². The quantitative estimate of drug-likeness (QED) is 0.758. The van der Waals surface area contributed by atoms with Crippen molar-refractivity contribution in [2.45, 2.75) is 39.4 Å². The number of nitrogens with one attached hydrogen (secondary N) is 2. The van der Waals surface area contributed by atoms with Crippen LogP contribution < -0.4 is 15.5 Å².